The molecule has 7 nitrogen and oxygen atoms in total. The number of nitrogens with zero attached hydrogens (tertiary/aromatic N) is 2. The number of ether oxygens (including phenoxy) is 1. The van der Waals surface area contributed by atoms with E-state index >= 15 is 0 Å². The zero-order chi connectivity index (χ0) is 18.7. The number of benzene rings is 1. The number of sulfonamides is 1. The van der Waals surface area contributed by atoms with Crippen molar-refractivity contribution in [3.8, 4) is 6.07 Å². The lowest BCUT2D eigenvalue weighted by Crippen LogP contribution is -2.38. The number of carbonyl (C=O) groups excluding carboxylic acids is 1. The standard InChI is InChI=1S/C17H25N3O4S/c1-3-4-11-24-12-5-10-19-17(21)14-20(2)25(22,23)16-8-6-15(13-18)7-9-16/h6-9H,3-5,10-12,14H2,1-2H3,(H,19,21). The van der Waals surface area contributed by atoms with Crippen molar-refractivity contribution in [2.24, 2.45) is 0 Å². The van der Waals surface area contributed by atoms with Crippen molar-refractivity contribution in [2.45, 2.75) is 31.1 Å². The lowest BCUT2D eigenvalue weighted by Gasteiger charge is -2.17. The number of rotatable bonds is 11. The Hall–Kier alpha value is -1.95. The fraction of sp³-hybridized carbons (Fsp3) is 0.529. The van der Waals surface area contributed by atoms with Crippen LogP contribution in [-0.2, 0) is 19.6 Å². The van der Waals surface area contributed by atoms with Gasteiger partial charge in [0.1, 0.15) is 0 Å². The molecule has 0 fully saturated rings. The molecule has 1 amide bonds. The molecule has 0 unspecified atom stereocenters. The number of nitriles is 1. The van der Waals surface area contributed by atoms with E-state index in [-0.39, 0.29) is 17.3 Å². The Morgan fingerprint density at radius 3 is 2.48 bits per heavy atom. The van der Waals surface area contributed by atoms with Crippen molar-refractivity contribution in [3.63, 3.8) is 0 Å². The van der Waals surface area contributed by atoms with Gasteiger partial charge in [-0.25, -0.2) is 8.42 Å². The predicted molar refractivity (Wildman–Crippen MR) is 94.3 cm³/mol. The van der Waals surface area contributed by atoms with Crippen molar-refractivity contribution < 1.29 is 17.9 Å². The first-order chi connectivity index (χ1) is 11.9. The molecule has 0 aliphatic rings. The average Bonchev–Trinajstić information content (AvgIpc) is 2.60. The second-order valence-corrected chi connectivity index (χ2v) is 7.61. The lowest BCUT2D eigenvalue weighted by molar-refractivity contribution is -0.121. The number of hydrogen-bond acceptors (Lipinski definition) is 5. The van der Waals surface area contributed by atoms with Crippen LogP contribution in [0.5, 0.6) is 0 Å². The van der Waals surface area contributed by atoms with Gasteiger partial charge in [-0.1, -0.05) is 13.3 Å². The van der Waals surface area contributed by atoms with E-state index in [9.17, 15) is 13.2 Å². The van der Waals surface area contributed by atoms with E-state index in [1.54, 1.807) is 0 Å². The molecule has 0 aliphatic carbocycles. The Morgan fingerprint density at radius 1 is 1.24 bits per heavy atom. The summed E-state index contributed by atoms with van der Waals surface area (Å²) >= 11 is 0. The molecule has 0 bridgehead atoms. The summed E-state index contributed by atoms with van der Waals surface area (Å²) in [6, 6.07) is 7.50. The van der Waals surface area contributed by atoms with Crippen molar-refractivity contribution >= 4 is 15.9 Å². The van der Waals surface area contributed by atoms with Gasteiger partial charge in [-0.2, -0.15) is 9.57 Å². The molecular formula is C17H25N3O4S. The normalized spacial score (nSPS) is 11.3. The van der Waals surface area contributed by atoms with E-state index in [1.807, 2.05) is 6.07 Å². The van der Waals surface area contributed by atoms with E-state index in [0.717, 1.165) is 23.8 Å². The summed E-state index contributed by atoms with van der Waals surface area (Å²) in [5.74, 6) is -0.367. The summed E-state index contributed by atoms with van der Waals surface area (Å²) in [6.07, 6.45) is 2.78. The van der Waals surface area contributed by atoms with Crippen molar-refractivity contribution in [1.29, 1.82) is 5.26 Å². The molecule has 1 N–H and O–H groups in total. The molecule has 25 heavy (non-hydrogen) atoms. The first-order valence-corrected chi connectivity index (χ1v) is 9.66. The highest BCUT2D eigenvalue weighted by Gasteiger charge is 2.22. The molecule has 0 saturated heterocycles. The molecule has 0 radical (unpaired) electrons. The summed E-state index contributed by atoms with van der Waals surface area (Å²) in [4.78, 5) is 11.9. The van der Waals surface area contributed by atoms with Crippen molar-refractivity contribution in [1.82, 2.24) is 9.62 Å². The first-order valence-electron chi connectivity index (χ1n) is 8.22. The molecule has 0 heterocycles. The maximum Gasteiger partial charge on any atom is 0.243 e. The van der Waals surface area contributed by atoms with E-state index in [4.69, 9.17) is 10.00 Å². The number of hydrogen-bond donors (Lipinski definition) is 1. The quantitative estimate of drug-likeness (QED) is 0.598. The Labute approximate surface area is 149 Å². The van der Waals surface area contributed by atoms with E-state index in [0.29, 0.717) is 25.1 Å². The van der Waals surface area contributed by atoms with Gasteiger partial charge in [0, 0.05) is 26.8 Å². The van der Waals surface area contributed by atoms with Crippen LogP contribution in [0.1, 0.15) is 31.7 Å². The highest BCUT2D eigenvalue weighted by atomic mass is 32.2. The number of nitrogens with one attached hydrogen (secondary N) is 1. The number of unbranched alkanes of at least 4 members (excludes halogenated alkanes) is 1. The van der Waals surface area contributed by atoms with Crippen LogP contribution in [0.25, 0.3) is 0 Å². The van der Waals surface area contributed by atoms with Crippen LogP contribution in [0, 0.1) is 11.3 Å². The molecule has 1 aromatic rings. The third kappa shape index (κ3) is 7.22. The molecule has 0 atom stereocenters. The third-order valence-electron chi connectivity index (χ3n) is 3.49. The number of amides is 1. The number of carbonyl (C=O) groups is 1. The van der Waals surface area contributed by atoms with Gasteiger partial charge >= 0.3 is 0 Å². The van der Waals surface area contributed by atoms with Gasteiger partial charge in [0.05, 0.1) is 23.1 Å². The highest BCUT2D eigenvalue weighted by Crippen LogP contribution is 2.14. The topological polar surface area (TPSA) is 99.5 Å². The number of likely N-dealkylation sites (N-methyl/N-ethyl adjacent to an activating group) is 1. The van der Waals surface area contributed by atoms with Crippen LogP contribution < -0.4 is 5.32 Å². The van der Waals surface area contributed by atoms with Crippen LogP contribution in [0.4, 0.5) is 0 Å². The van der Waals surface area contributed by atoms with Crippen molar-refractivity contribution in [3.05, 3.63) is 29.8 Å². The van der Waals surface area contributed by atoms with Crippen LogP contribution in [-0.4, -0.2) is 52.0 Å². The molecular weight excluding hydrogens is 342 g/mol. The molecule has 0 aromatic heterocycles. The van der Waals surface area contributed by atoms with Crippen LogP contribution in [0.2, 0.25) is 0 Å². The molecule has 0 aliphatic heterocycles. The minimum Gasteiger partial charge on any atom is -0.381 e. The summed E-state index contributed by atoms with van der Waals surface area (Å²) < 4.78 is 31.1. The zero-order valence-corrected chi connectivity index (χ0v) is 15.5. The second-order valence-electron chi connectivity index (χ2n) is 5.57. The summed E-state index contributed by atoms with van der Waals surface area (Å²) in [5, 5.41) is 11.4. The van der Waals surface area contributed by atoms with Gasteiger partial charge in [-0.3, -0.25) is 4.79 Å². The Kier molecular flexibility index (Phi) is 9.13. The van der Waals surface area contributed by atoms with E-state index < -0.39 is 10.0 Å². The first kappa shape index (κ1) is 21.1. The molecule has 1 rings (SSSR count). The maximum atomic E-state index is 12.4. The van der Waals surface area contributed by atoms with Gasteiger partial charge in [0.15, 0.2) is 0 Å². The molecule has 0 spiro atoms. The van der Waals surface area contributed by atoms with Gasteiger partial charge in [0.2, 0.25) is 15.9 Å². The largest absolute Gasteiger partial charge is 0.381 e. The minimum atomic E-state index is -3.77. The molecule has 8 heteroatoms. The average molecular weight is 367 g/mol. The minimum absolute atomic E-state index is 0.0473. The SMILES string of the molecule is CCCCOCCCNC(=O)CN(C)S(=O)(=O)c1ccc(C#N)cc1. The lowest BCUT2D eigenvalue weighted by atomic mass is 10.2. The molecule has 138 valence electrons. The van der Waals surface area contributed by atoms with Crippen LogP contribution >= 0.6 is 0 Å². The summed E-state index contributed by atoms with van der Waals surface area (Å²) in [5.41, 5.74) is 0.375. The van der Waals surface area contributed by atoms with E-state index in [1.165, 1.54) is 31.3 Å². The fourth-order valence-electron chi connectivity index (χ4n) is 1.98. The smallest absolute Gasteiger partial charge is 0.243 e. The predicted octanol–water partition coefficient (Wildman–Crippen LogP) is 1.50. The summed E-state index contributed by atoms with van der Waals surface area (Å²) in [6.45, 7) is 3.55. The Morgan fingerprint density at radius 2 is 1.88 bits per heavy atom. The fourth-order valence-corrected chi connectivity index (χ4v) is 3.10. The van der Waals surface area contributed by atoms with E-state index in [2.05, 4.69) is 12.2 Å². The van der Waals surface area contributed by atoms with Gasteiger partial charge in [-0.15, -0.1) is 0 Å². The van der Waals surface area contributed by atoms with Crippen molar-refractivity contribution in [2.75, 3.05) is 33.4 Å². The molecule has 1 aromatic carbocycles. The maximum absolute atomic E-state index is 12.4. The van der Waals surface area contributed by atoms with Gasteiger partial charge < -0.3 is 10.1 Å². The third-order valence-corrected chi connectivity index (χ3v) is 5.31. The Bertz CT molecular complexity index is 681. The molecule has 0 saturated carbocycles. The highest BCUT2D eigenvalue weighted by molar-refractivity contribution is 7.89. The van der Waals surface area contributed by atoms with Gasteiger partial charge in [0.25, 0.3) is 0 Å². The summed E-state index contributed by atoms with van der Waals surface area (Å²) in [7, 11) is -2.42. The second kappa shape index (κ2) is 10.8. The Balaban J connectivity index is 2.41. The monoisotopic (exact) mass is 367 g/mol. The van der Waals surface area contributed by atoms with Crippen LogP contribution in [0.3, 0.4) is 0 Å². The van der Waals surface area contributed by atoms with Gasteiger partial charge in [-0.05, 0) is 37.1 Å². The van der Waals surface area contributed by atoms with Crippen LogP contribution in [0.15, 0.2) is 29.2 Å². The zero-order valence-electron chi connectivity index (χ0n) is 14.7.